The third kappa shape index (κ3) is 3.68. The van der Waals surface area contributed by atoms with E-state index in [9.17, 15) is 14.0 Å². The average Bonchev–Trinajstić information content (AvgIpc) is 2.73. The van der Waals surface area contributed by atoms with E-state index in [1.807, 2.05) is 0 Å². The highest BCUT2D eigenvalue weighted by atomic mass is 19.1. The summed E-state index contributed by atoms with van der Waals surface area (Å²) in [6.07, 6.45) is 3.42. The summed E-state index contributed by atoms with van der Waals surface area (Å²) >= 11 is 0. The van der Waals surface area contributed by atoms with Crippen LogP contribution in [0.2, 0.25) is 0 Å². The Hall–Kier alpha value is -4.06. The van der Waals surface area contributed by atoms with Crippen molar-refractivity contribution in [2.75, 3.05) is 0 Å². The van der Waals surface area contributed by atoms with Crippen LogP contribution in [0.3, 0.4) is 0 Å². The van der Waals surface area contributed by atoms with Gasteiger partial charge in [-0.25, -0.2) is 9.37 Å². The monoisotopic (exact) mass is 385 g/mol. The van der Waals surface area contributed by atoms with E-state index >= 15 is 0 Å². The molecule has 0 atom stereocenters. The van der Waals surface area contributed by atoms with Crippen LogP contribution in [0.4, 0.5) is 4.39 Å². The van der Waals surface area contributed by atoms with Crippen LogP contribution in [0.5, 0.6) is 0 Å². The van der Waals surface area contributed by atoms with E-state index in [0.717, 1.165) is 5.56 Å². The zero-order valence-electron chi connectivity index (χ0n) is 15.2. The van der Waals surface area contributed by atoms with Crippen molar-refractivity contribution in [1.82, 2.24) is 9.55 Å². The number of amides is 1. The van der Waals surface area contributed by atoms with Gasteiger partial charge in [0.15, 0.2) is 0 Å². The summed E-state index contributed by atoms with van der Waals surface area (Å²) in [5, 5.41) is 0.455. The number of hydrogen-bond donors (Lipinski definition) is 1. The molecule has 29 heavy (non-hydrogen) atoms. The van der Waals surface area contributed by atoms with Gasteiger partial charge < -0.3 is 5.73 Å². The molecule has 5 nitrogen and oxygen atoms in total. The summed E-state index contributed by atoms with van der Waals surface area (Å²) in [7, 11) is 0. The number of carbonyl (C=O) groups is 1. The molecule has 0 saturated heterocycles. The molecule has 0 aliphatic heterocycles. The van der Waals surface area contributed by atoms with Crippen molar-refractivity contribution in [2.45, 2.75) is 0 Å². The summed E-state index contributed by atoms with van der Waals surface area (Å²) in [4.78, 5) is 29.4. The minimum Gasteiger partial charge on any atom is -0.366 e. The lowest BCUT2D eigenvalue weighted by Crippen LogP contribution is -2.23. The van der Waals surface area contributed by atoms with Gasteiger partial charge in [-0.05, 0) is 54.1 Å². The molecule has 1 heterocycles. The number of fused-ring (bicyclic) bond motifs is 1. The van der Waals surface area contributed by atoms with Gasteiger partial charge in [-0.2, -0.15) is 0 Å². The number of nitrogens with zero attached hydrogens (tertiary/aromatic N) is 2. The van der Waals surface area contributed by atoms with Crippen molar-refractivity contribution >= 4 is 29.0 Å². The number of halogens is 1. The molecule has 1 aromatic heterocycles. The van der Waals surface area contributed by atoms with Crippen molar-refractivity contribution < 1.29 is 9.18 Å². The molecule has 0 radical (unpaired) electrons. The van der Waals surface area contributed by atoms with E-state index in [1.165, 1.54) is 16.7 Å². The number of rotatable bonds is 4. The van der Waals surface area contributed by atoms with Gasteiger partial charge in [0.2, 0.25) is 5.91 Å². The van der Waals surface area contributed by atoms with E-state index in [4.69, 9.17) is 5.73 Å². The van der Waals surface area contributed by atoms with Crippen LogP contribution in [0.1, 0.15) is 21.7 Å². The fraction of sp³-hybridized carbons (Fsp3) is 0. The van der Waals surface area contributed by atoms with Crippen molar-refractivity contribution in [2.24, 2.45) is 5.73 Å². The molecule has 0 fully saturated rings. The second kappa shape index (κ2) is 7.52. The minimum atomic E-state index is -0.586. The predicted molar refractivity (Wildman–Crippen MR) is 111 cm³/mol. The van der Waals surface area contributed by atoms with Gasteiger partial charge in [-0.3, -0.25) is 14.2 Å². The first-order chi connectivity index (χ1) is 14.0. The maximum atomic E-state index is 13.2. The summed E-state index contributed by atoms with van der Waals surface area (Å²) in [6.45, 7) is 0. The largest absolute Gasteiger partial charge is 0.366 e. The van der Waals surface area contributed by atoms with Gasteiger partial charge in [0.05, 0.1) is 16.6 Å². The summed E-state index contributed by atoms with van der Waals surface area (Å²) < 4.78 is 14.6. The van der Waals surface area contributed by atoms with Gasteiger partial charge in [0.25, 0.3) is 5.56 Å². The highest BCUT2D eigenvalue weighted by molar-refractivity contribution is 5.93. The van der Waals surface area contributed by atoms with E-state index in [1.54, 1.807) is 72.8 Å². The zero-order chi connectivity index (χ0) is 20.4. The molecule has 142 valence electrons. The highest BCUT2D eigenvalue weighted by Gasteiger charge is 2.12. The van der Waals surface area contributed by atoms with E-state index in [0.29, 0.717) is 22.4 Å². The topological polar surface area (TPSA) is 78.0 Å². The number of aromatic nitrogens is 2. The molecule has 6 heteroatoms. The number of carbonyl (C=O) groups excluding carboxylic acids is 1. The molecule has 2 N–H and O–H groups in total. The summed E-state index contributed by atoms with van der Waals surface area (Å²) in [5.41, 5.74) is 7.19. The normalized spacial score (nSPS) is 11.2. The number of benzene rings is 3. The molecule has 0 aliphatic carbocycles. The maximum Gasteiger partial charge on any atom is 0.266 e. The third-order valence-electron chi connectivity index (χ3n) is 4.49. The highest BCUT2D eigenvalue weighted by Crippen LogP contribution is 2.16. The summed E-state index contributed by atoms with van der Waals surface area (Å²) in [6, 6.07) is 19.5. The second-order valence-corrected chi connectivity index (χ2v) is 6.43. The number of para-hydroxylation sites is 1. The van der Waals surface area contributed by atoms with Gasteiger partial charge in [-0.15, -0.1) is 0 Å². The van der Waals surface area contributed by atoms with E-state index < -0.39 is 5.91 Å². The Morgan fingerprint density at radius 1 is 0.966 bits per heavy atom. The van der Waals surface area contributed by atoms with E-state index in [-0.39, 0.29) is 16.9 Å². The molecular weight excluding hydrogens is 369 g/mol. The van der Waals surface area contributed by atoms with Gasteiger partial charge >= 0.3 is 0 Å². The van der Waals surface area contributed by atoms with Crippen LogP contribution in [0, 0.1) is 5.82 Å². The quantitative estimate of drug-likeness (QED) is 0.580. The lowest BCUT2D eigenvalue weighted by molar-refractivity contribution is 0.1000. The fourth-order valence-corrected chi connectivity index (χ4v) is 3.05. The Morgan fingerprint density at radius 3 is 2.48 bits per heavy atom. The Kier molecular flexibility index (Phi) is 4.75. The molecule has 0 unspecified atom stereocenters. The zero-order valence-corrected chi connectivity index (χ0v) is 15.2. The van der Waals surface area contributed by atoms with Crippen molar-refractivity contribution in [3.05, 3.63) is 106 Å². The van der Waals surface area contributed by atoms with E-state index in [2.05, 4.69) is 4.98 Å². The van der Waals surface area contributed by atoms with Crippen molar-refractivity contribution in [1.29, 1.82) is 0 Å². The molecule has 4 aromatic rings. The molecular formula is C23H16FN3O2. The first-order valence-electron chi connectivity index (χ1n) is 8.88. The summed E-state index contributed by atoms with van der Waals surface area (Å²) in [5.74, 6) is -0.539. The average molecular weight is 385 g/mol. The molecule has 0 aliphatic rings. The van der Waals surface area contributed by atoms with Crippen molar-refractivity contribution in [3.8, 4) is 5.69 Å². The van der Waals surface area contributed by atoms with Crippen LogP contribution in [-0.4, -0.2) is 15.5 Å². The van der Waals surface area contributed by atoms with Crippen molar-refractivity contribution in [3.63, 3.8) is 0 Å². The van der Waals surface area contributed by atoms with Gasteiger partial charge in [0.1, 0.15) is 11.6 Å². The Morgan fingerprint density at radius 2 is 1.72 bits per heavy atom. The molecule has 1 amide bonds. The Balaban J connectivity index is 1.94. The lowest BCUT2D eigenvalue weighted by atomic mass is 10.1. The van der Waals surface area contributed by atoms with Crippen LogP contribution in [0.15, 0.2) is 77.6 Å². The molecule has 0 spiro atoms. The maximum absolute atomic E-state index is 13.2. The van der Waals surface area contributed by atoms with Crippen LogP contribution in [-0.2, 0) is 0 Å². The molecule has 0 bridgehead atoms. The Bertz CT molecular complexity index is 1310. The smallest absolute Gasteiger partial charge is 0.266 e. The van der Waals surface area contributed by atoms with Gasteiger partial charge in [0, 0.05) is 5.56 Å². The third-order valence-corrected chi connectivity index (χ3v) is 4.49. The Labute approximate surface area is 165 Å². The lowest BCUT2D eigenvalue weighted by Gasteiger charge is -2.12. The van der Waals surface area contributed by atoms with Crippen LogP contribution >= 0.6 is 0 Å². The first-order valence-corrected chi connectivity index (χ1v) is 8.88. The first kappa shape index (κ1) is 18.3. The SMILES string of the molecule is NC(=O)c1cccc(-n2c(C=Cc3ccc(F)cc3)nc3ccccc3c2=O)c1. The van der Waals surface area contributed by atoms with Gasteiger partial charge in [-0.1, -0.05) is 36.4 Å². The van der Waals surface area contributed by atoms with Crippen LogP contribution in [0.25, 0.3) is 28.7 Å². The molecule has 4 rings (SSSR count). The fourth-order valence-electron chi connectivity index (χ4n) is 3.05. The molecule has 0 saturated carbocycles. The minimum absolute atomic E-state index is 0.268. The number of primary amides is 1. The van der Waals surface area contributed by atoms with Crippen LogP contribution < -0.4 is 11.3 Å². The predicted octanol–water partition coefficient (Wildman–Crippen LogP) is 3.79. The molecule has 3 aromatic carbocycles. The second-order valence-electron chi connectivity index (χ2n) is 6.43. The number of hydrogen-bond acceptors (Lipinski definition) is 3. The standard InChI is InChI=1S/C23H16FN3O2/c24-17-11-8-15(9-12-17)10-13-21-26-20-7-2-1-6-19(20)23(29)27(21)18-5-3-4-16(14-18)22(25)28/h1-14H,(H2,25,28). The number of nitrogens with two attached hydrogens (primary N) is 1.